The maximum Gasteiger partial charge on any atom is 0.233 e. The van der Waals surface area contributed by atoms with Gasteiger partial charge in [-0.1, -0.05) is 20.3 Å². The summed E-state index contributed by atoms with van der Waals surface area (Å²) in [7, 11) is 0. The molecule has 0 radical (unpaired) electrons. The van der Waals surface area contributed by atoms with Crippen LogP contribution in [0, 0.1) is 5.41 Å². The van der Waals surface area contributed by atoms with E-state index in [9.17, 15) is 9.59 Å². The molecule has 2 amide bonds. The first kappa shape index (κ1) is 8.24. The molecule has 1 aliphatic heterocycles. The predicted octanol–water partition coefficient (Wildman–Crippen LogP) is 0.839. The average Bonchev–Trinajstić information content (AvgIpc) is 2.08. The fourth-order valence-corrected chi connectivity index (χ4v) is 1.51. The first-order valence-corrected chi connectivity index (χ1v) is 3.93. The molecule has 62 valence electrons. The minimum Gasteiger partial charge on any atom is -0.296 e. The molecule has 3 heteroatoms. The van der Waals surface area contributed by atoms with E-state index in [4.69, 9.17) is 0 Å². The summed E-state index contributed by atoms with van der Waals surface area (Å²) in [5.41, 5.74) is -0.425. The van der Waals surface area contributed by atoms with Crippen LogP contribution in [0.2, 0.25) is 0 Å². The standard InChI is InChI=1S/C8H13NO2/c1-3-4-8(2)5-6(10)9-7(8)11/h3-5H2,1-2H3,(H,9,10,11)/t8-/m1/s1. The molecular weight excluding hydrogens is 142 g/mol. The Morgan fingerprint density at radius 1 is 1.55 bits per heavy atom. The van der Waals surface area contributed by atoms with Crippen molar-refractivity contribution in [1.29, 1.82) is 0 Å². The molecule has 1 saturated heterocycles. The number of imide groups is 1. The van der Waals surface area contributed by atoms with Gasteiger partial charge in [0, 0.05) is 6.42 Å². The number of amides is 2. The van der Waals surface area contributed by atoms with Crippen molar-refractivity contribution in [3.63, 3.8) is 0 Å². The Morgan fingerprint density at radius 3 is 2.55 bits per heavy atom. The minimum atomic E-state index is -0.425. The largest absolute Gasteiger partial charge is 0.296 e. The lowest BCUT2D eigenvalue weighted by Crippen LogP contribution is -2.28. The second kappa shape index (κ2) is 2.64. The normalized spacial score (nSPS) is 30.7. The predicted molar refractivity (Wildman–Crippen MR) is 40.8 cm³/mol. The summed E-state index contributed by atoms with van der Waals surface area (Å²) in [6, 6.07) is 0. The Hall–Kier alpha value is -0.860. The molecule has 0 saturated carbocycles. The maximum atomic E-state index is 11.2. The molecule has 1 aliphatic rings. The van der Waals surface area contributed by atoms with Crippen LogP contribution < -0.4 is 5.32 Å². The van der Waals surface area contributed by atoms with E-state index < -0.39 is 5.41 Å². The van der Waals surface area contributed by atoms with E-state index >= 15 is 0 Å². The molecule has 0 bridgehead atoms. The van der Waals surface area contributed by atoms with Gasteiger partial charge in [-0.3, -0.25) is 14.9 Å². The Labute approximate surface area is 66.2 Å². The maximum absolute atomic E-state index is 11.2. The van der Waals surface area contributed by atoms with Crippen LogP contribution in [-0.4, -0.2) is 11.8 Å². The van der Waals surface area contributed by atoms with E-state index in [1.165, 1.54) is 0 Å². The average molecular weight is 155 g/mol. The molecule has 0 aliphatic carbocycles. The highest BCUT2D eigenvalue weighted by Gasteiger charge is 2.41. The van der Waals surface area contributed by atoms with Crippen molar-refractivity contribution in [2.24, 2.45) is 5.41 Å². The zero-order valence-electron chi connectivity index (χ0n) is 6.94. The van der Waals surface area contributed by atoms with E-state index in [0.29, 0.717) is 6.42 Å². The number of carbonyl (C=O) groups excluding carboxylic acids is 2. The molecular formula is C8H13NO2. The molecule has 3 nitrogen and oxygen atoms in total. The topological polar surface area (TPSA) is 46.2 Å². The number of rotatable bonds is 2. The Kier molecular flexibility index (Phi) is 1.98. The summed E-state index contributed by atoms with van der Waals surface area (Å²) in [6.07, 6.45) is 2.10. The second-order valence-electron chi connectivity index (χ2n) is 3.36. The van der Waals surface area contributed by atoms with Crippen molar-refractivity contribution < 1.29 is 9.59 Å². The van der Waals surface area contributed by atoms with Crippen LogP contribution in [-0.2, 0) is 9.59 Å². The SMILES string of the molecule is CCC[C@]1(C)CC(=O)NC1=O. The van der Waals surface area contributed by atoms with Crippen molar-refractivity contribution in [3.05, 3.63) is 0 Å². The van der Waals surface area contributed by atoms with Gasteiger partial charge >= 0.3 is 0 Å². The minimum absolute atomic E-state index is 0.107. The summed E-state index contributed by atoms with van der Waals surface area (Å²) in [5.74, 6) is -0.240. The fraction of sp³-hybridized carbons (Fsp3) is 0.750. The summed E-state index contributed by atoms with van der Waals surface area (Å²) in [5, 5.41) is 2.31. The molecule has 1 N–H and O–H groups in total. The van der Waals surface area contributed by atoms with Crippen LogP contribution in [0.15, 0.2) is 0 Å². The van der Waals surface area contributed by atoms with Crippen LogP contribution in [0.25, 0.3) is 0 Å². The first-order valence-electron chi connectivity index (χ1n) is 3.93. The van der Waals surface area contributed by atoms with Crippen molar-refractivity contribution in [2.75, 3.05) is 0 Å². The molecule has 1 fully saturated rings. The summed E-state index contributed by atoms with van der Waals surface area (Å²) >= 11 is 0. The van der Waals surface area contributed by atoms with Crippen LogP contribution >= 0.6 is 0 Å². The van der Waals surface area contributed by atoms with Crippen molar-refractivity contribution >= 4 is 11.8 Å². The third kappa shape index (κ3) is 1.42. The number of hydrogen-bond acceptors (Lipinski definition) is 2. The van der Waals surface area contributed by atoms with Gasteiger partial charge in [-0.25, -0.2) is 0 Å². The monoisotopic (exact) mass is 155 g/mol. The Morgan fingerprint density at radius 2 is 2.18 bits per heavy atom. The van der Waals surface area contributed by atoms with E-state index in [2.05, 4.69) is 5.32 Å². The second-order valence-corrected chi connectivity index (χ2v) is 3.36. The molecule has 0 aromatic heterocycles. The van der Waals surface area contributed by atoms with E-state index in [0.717, 1.165) is 12.8 Å². The zero-order chi connectivity index (χ0) is 8.48. The van der Waals surface area contributed by atoms with Gasteiger partial charge in [0.05, 0.1) is 5.41 Å². The van der Waals surface area contributed by atoms with Crippen LogP contribution in [0.1, 0.15) is 33.1 Å². The zero-order valence-corrected chi connectivity index (χ0v) is 6.94. The van der Waals surface area contributed by atoms with Crippen molar-refractivity contribution in [1.82, 2.24) is 5.32 Å². The highest BCUT2D eigenvalue weighted by atomic mass is 16.2. The van der Waals surface area contributed by atoms with Gasteiger partial charge in [-0.2, -0.15) is 0 Å². The summed E-state index contributed by atoms with van der Waals surface area (Å²) in [6.45, 7) is 3.86. The van der Waals surface area contributed by atoms with Gasteiger partial charge in [-0.15, -0.1) is 0 Å². The molecule has 0 spiro atoms. The van der Waals surface area contributed by atoms with E-state index in [1.54, 1.807) is 0 Å². The third-order valence-corrected chi connectivity index (χ3v) is 2.15. The van der Waals surface area contributed by atoms with Gasteiger partial charge in [-0.05, 0) is 6.42 Å². The van der Waals surface area contributed by atoms with Crippen molar-refractivity contribution in [3.8, 4) is 0 Å². The van der Waals surface area contributed by atoms with Crippen LogP contribution in [0.4, 0.5) is 0 Å². The number of nitrogens with one attached hydrogen (secondary N) is 1. The highest BCUT2D eigenvalue weighted by molar-refractivity contribution is 6.05. The molecule has 1 heterocycles. The lowest BCUT2D eigenvalue weighted by molar-refractivity contribution is -0.128. The molecule has 11 heavy (non-hydrogen) atoms. The van der Waals surface area contributed by atoms with Gasteiger partial charge in [0.2, 0.25) is 11.8 Å². The molecule has 1 rings (SSSR count). The number of carbonyl (C=O) groups is 2. The summed E-state index contributed by atoms with van der Waals surface area (Å²) in [4.78, 5) is 22.0. The highest BCUT2D eigenvalue weighted by Crippen LogP contribution is 2.31. The van der Waals surface area contributed by atoms with Crippen LogP contribution in [0.5, 0.6) is 0 Å². The summed E-state index contributed by atoms with van der Waals surface area (Å²) < 4.78 is 0. The quantitative estimate of drug-likeness (QED) is 0.600. The molecule has 0 unspecified atom stereocenters. The Bertz CT molecular complexity index is 200. The Balaban J connectivity index is 2.70. The fourth-order valence-electron chi connectivity index (χ4n) is 1.51. The molecule has 0 aromatic rings. The van der Waals surface area contributed by atoms with Crippen LogP contribution in [0.3, 0.4) is 0 Å². The first-order chi connectivity index (χ1) is 5.08. The molecule has 0 aromatic carbocycles. The third-order valence-electron chi connectivity index (χ3n) is 2.15. The smallest absolute Gasteiger partial charge is 0.233 e. The lowest BCUT2D eigenvalue weighted by atomic mass is 9.84. The molecule has 1 atom stereocenters. The number of hydrogen-bond donors (Lipinski definition) is 1. The van der Waals surface area contributed by atoms with E-state index in [-0.39, 0.29) is 11.8 Å². The van der Waals surface area contributed by atoms with Crippen molar-refractivity contribution in [2.45, 2.75) is 33.1 Å². The van der Waals surface area contributed by atoms with Gasteiger partial charge < -0.3 is 0 Å². The van der Waals surface area contributed by atoms with Gasteiger partial charge in [0.25, 0.3) is 0 Å². The van der Waals surface area contributed by atoms with E-state index in [1.807, 2.05) is 13.8 Å². The van der Waals surface area contributed by atoms with Gasteiger partial charge in [0.1, 0.15) is 0 Å². The lowest BCUT2D eigenvalue weighted by Gasteiger charge is -2.17. The van der Waals surface area contributed by atoms with Gasteiger partial charge in [0.15, 0.2) is 0 Å².